The third-order valence-electron chi connectivity index (χ3n) is 6.41. The third-order valence-corrected chi connectivity index (χ3v) is 6.41. The van der Waals surface area contributed by atoms with Gasteiger partial charge >= 0.3 is 0 Å². The Labute approximate surface area is 189 Å². The number of nitrogens with zero attached hydrogens (tertiary/aromatic N) is 2. The zero-order valence-electron chi connectivity index (χ0n) is 18.0. The van der Waals surface area contributed by atoms with Gasteiger partial charge in [-0.3, -0.25) is 4.79 Å². The fourth-order valence-electron chi connectivity index (χ4n) is 4.82. The summed E-state index contributed by atoms with van der Waals surface area (Å²) in [6, 6.07) is 9.86. The second-order valence-corrected chi connectivity index (χ2v) is 8.46. The number of carbonyl (C=O) groups is 1. The highest BCUT2D eigenvalue weighted by Crippen LogP contribution is 2.41. The lowest BCUT2D eigenvalue weighted by Crippen LogP contribution is -2.33. The van der Waals surface area contributed by atoms with E-state index in [1.807, 2.05) is 0 Å². The molecule has 0 saturated carbocycles. The van der Waals surface area contributed by atoms with Crippen molar-refractivity contribution in [1.82, 2.24) is 15.1 Å². The molecule has 1 fully saturated rings. The van der Waals surface area contributed by atoms with Crippen molar-refractivity contribution in [3.63, 3.8) is 0 Å². The normalized spacial score (nSPS) is 18.4. The molecular weight excluding hydrogens is 428 g/mol. The quantitative estimate of drug-likeness (QED) is 0.544. The molecule has 7 nitrogen and oxygen atoms in total. The van der Waals surface area contributed by atoms with Crippen LogP contribution in [0.4, 0.5) is 14.5 Å². The number of hydrogen-bond acceptors (Lipinski definition) is 5. The van der Waals surface area contributed by atoms with Crippen molar-refractivity contribution in [3.05, 3.63) is 65.5 Å². The van der Waals surface area contributed by atoms with Gasteiger partial charge in [0.15, 0.2) is 17.3 Å². The molecule has 3 aromatic rings. The van der Waals surface area contributed by atoms with Crippen molar-refractivity contribution in [2.24, 2.45) is 11.7 Å². The van der Waals surface area contributed by atoms with E-state index in [2.05, 4.69) is 10.6 Å². The van der Waals surface area contributed by atoms with Crippen molar-refractivity contribution in [2.45, 2.75) is 25.2 Å². The number of benzene rings is 2. The molecule has 0 spiro atoms. The molecule has 1 saturated heterocycles. The van der Waals surface area contributed by atoms with Crippen molar-refractivity contribution in [3.8, 4) is 17.2 Å². The summed E-state index contributed by atoms with van der Waals surface area (Å²) in [5, 5.41) is 11.6. The molecular formula is C24H25F2N5O2. The lowest BCUT2D eigenvalue weighted by molar-refractivity contribution is 0.0993. The molecule has 1 amide bonds. The van der Waals surface area contributed by atoms with Crippen LogP contribution in [0, 0.1) is 17.6 Å². The summed E-state index contributed by atoms with van der Waals surface area (Å²) in [6.07, 6.45) is 3.12. The van der Waals surface area contributed by atoms with Gasteiger partial charge in [-0.15, -0.1) is 0 Å². The van der Waals surface area contributed by atoms with Crippen LogP contribution in [0.1, 0.15) is 41.4 Å². The van der Waals surface area contributed by atoms with E-state index in [9.17, 15) is 13.6 Å². The lowest BCUT2D eigenvalue weighted by Gasteiger charge is -2.33. The maximum atomic E-state index is 13.9. The number of amides is 1. The average Bonchev–Trinajstić information content (AvgIpc) is 3.22. The number of anilines is 1. The molecule has 0 aliphatic carbocycles. The standard InChI is InChI=1S/C24H25F2N5O2/c25-15-1-6-20(19(26)13-15)33-17-4-2-16(3-5-17)31-23(24(27)32)22-21(30-31)18(9-12-29-22)14-7-10-28-11-8-14/h1-6,13-14,18,28-29H,7-12H2,(H2,27,32). The summed E-state index contributed by atoms with van der Waals surface area (Å²) in [5.41, 5.74) is 8.31. The molecule has 33 heavy (non-hydrogen) atoms. The third kappa shape index (κ3) is 4.16. The molecule has 1 atom stereocenters. The molecule has 0 bridgehead atoms. The van der Waals surface area contributed by atoms with Crippen LogP contribution in [0.3, 0.4) is 0 Å². The molecule has 2 aliphatic rings. The van der Waals surface area contributed by atoms with Crippen LogP contribution in [-0.4, -0.2) is 35.3 Å². The van der Waals surface area contributed by atoms with Crippen LogP contribution in [-0.2, 0) is 0 Å². The molecule has 172 valence electrons. The minimum absolute atomic E-state index is 0.0782. The summed E-state index contributed by atoms with van der Waals surface area (Å²) >= 11 is 0. The smallest absolute Gasteiger partial charge is 0.269 e. The van der Waals surface area contributed by atoms with Gasteiger partial charge in [-0.05, 0) is 74.7 Å². The second-order valence-electron chi connectivity index (χ2n) is 8.46. The molecule has 3 heterocycles. The van der Waals surface area contributed by atoms with Gasteiger partial charge in [0.25, 0.3) is 5.91 Å². The van der Waals surface area contributed by atoms with Crippen molar-refractivity contribution >= 4 is 11.6 Å². The lowest BCUT2D eigenvalue weighted by atomic mass is 9.79. The number of nitrogens with two attached hydrogens (primary N) is 1. The van der Waals surface area contributed by atoms with Crippen LogP contribution >= 0.6 is 0 Å². The molecule has 5 rings (SSSR count). The number of nitrogens with one attached hydrogen (secondary N) is 2. The van der Waals surface area contributed by atoms with Crippen LogP contribution in [0.5, 0.6) is 11.5 Å². The van der Waals surface area contributed by atoms with Crippen molar-refractivity contribution < 1.29 is 18.3 Å². The number of halogens is 2. The van der Waals surface area contributed by atoms with Gasteiger partial charge in [-0.25, -0.2) is 13.5 Å². The van der Waals surface area contributed by atoms with Crippen LogP contribution in [0.2, 0.25) is 0 Å². The first-order valence-corrected chi connectivity index (χ1v) is 11.1. The van der Waals surface area contributed by atoms with E-state index in [-0.39, 0.29) is 11.7 Å². The zero-order chi connectivity index (χ0) is 22.9. The highest BCUT2D eigenvalue weighted by molar-refractivity contribution is 5.98. The number of piperidine rings is 1. The Morgan fingerprint density at radius 3 is 2.52 bits per heavy atom. The highest BCUT2D eigenvalue weighted by Gasteiger charge is 2.35. The van der Waals surface area contributed by atoms with E-state index < -0.39 is 17.5 Å². The van der Waals surface area contributed by atoms with E-state index in [1.165, 1.54) is 6.07 Å². The Balaban J connectivity index is 1.46. The molecule has 9 heteroatoms. The number of aromatic nitrogens is 2. The maximum absolute atomic E-state index is 13.9. The van der Waals surface area contributed by atoms with E-state index >= 15 is 0 Å². The van der Waals surface area contributed by atoms with Gasteiger partial charge < -0.3 is 21.1 Å². The van der Waals surface area contributed by atoms with Crippen LogP contribution in [0.25, 0.3) is 5.69 Å². The Morgan fingerprint density at radius 1 is 1.06 bits per heavy atom. The maximum Gasteiger partial charge on any atom is 0.269 e. The molecule has 4 N–H and O–H groups in total. The number of carbonyl (C=O) groups excluding carboxylic acids is 1. The summed E-state index contributed by atoms with van der Waals surface area (Å²) in [7, 11) is 0. The van der Waals surface area contributed by atoms with Crippen molar-refractivity contribution in [2.75, 3.05) is 25.0 Å². The zero-order valence-corrected chi connectivity index (χ0v) is 18.0. The summed E-state index contributed by atoms with van der Waals surface area (Å²) in [6.45, 7) is 2.75. The second kappa shape index (κ2) is 8.82. The number of fused-ring (bicyclic) bond motifs is 1. The molecule has 2 aromatic carbocycles. The molecule has 1 aromatic heterocycles. The Kier molecular flexibility index (Phi) is 5.72. The minimum Gasteiger partial charge on any atom is -0.454 e. The number of primary amides is 1. The van der Waals surface area contributed by atoms with E-state index in [0.29, 0.717) is 28.7 Å². The van der Waals surface area contributed by atoms with Gasteiger partial charge in [-0.1, -0.05) is 0 Å². The number of hydrogen-bond donors (Lipinski definition) is 3. The molecule has 2 aliphatic heterocycles. The van der Waals surface area contributed by atoms with Gasteiger partial charge in [-0.2, -0.15) is 5.10 Å². The number of rotatable bonds is 5. The van der Waals surface area contributed by atoms with Gasteiger partial charge in [0.05, 0.1) is 17.1 Å². The van der Waals surface area contributed by atoms with Gasteiger partial charge in [0.2, 0.25) is 0 Å². The molecule has 1 unspecified atom stereocenters. The topological polar surface area (TPSA) is 94.2 Å². The Morgan fingerprint density at radius 2 is 1.82 bits per heavy atom. The monoisotopic (exact) mass is 453 g/mol. The van der Waals surface area contributed by atoms with Gasteiger partial charge in [0.1, 0.15) is 11.6 Å². The highest BCUT2D eigenvalue weighted by atomic mass is 19.1. The minimum atomic E-state index is -0.787. The Bertz CT molecular complexity index is 1170. The first-order valence-electron chi connectivity index (χ1n) is 11.1. The fraction of sp³-hybridized carbons (Fsp3) is 0.333. The summed E-state index contributed by atoms with van der Waals surface area (Å²) in [4.78, 5) is 12.4. The first-order chi connectivity index (χ1) is 16.0. The van der Waals surface area contributed by atoms with Gasteiger partial charge in [0, 0.05) is 18.5 Å². The summed E-state index contributed by atoms with van der Waals surface area (Å²) < 4.78 is 34.1. The average molecular weight is 453 g/mol. The van der Waals surface area contributed by atoms with Crippen LogP contribution < -0.4 is 21.1 Å². The van der Waals surface area contributed by atoms with E-state index in [0.717, 1.165) is 56.7 Å². The largest absolute Gasteiger partial charge is 0.454 e. The summed E-state index contributed by atoms with van der Waals surface area (Å²) in [5.74, 6) is -0.948. The predicted octanol–water partition coefficient (Wildman–Crippen LogP) is 3.94. The first kappa shape index (κ1) is 21.4. The van der Waals surface area contributed by atoms with Crippen LogP contribution in [0.15, 0.2) is 42.5 Å². The number of ether oxygens (including phenoxy) is 1. The van der Waals surface area contributed by atoms with E-state index in [1.54, 1.807) is 28.9 Å². The SMILES string of the molecule is NC(=O)c1c2c(nn1-c1ccc(Oc3ccc(F)cc3F)cc1)C(C1CCNCC1)CCN2. The van der Waals surface area contributed by atoms with E-state index in [4.69, 9.17) is 15.6 Å². The predicted molar refractivity (Wildman–Crippen MR) is 120 cm³/mol. The fourth-order valence-corrected chi connectivity index (χ4v) is 4.82. The van der Waals surface area contributed by atoms with Crippen molar-refractivity contribution in [1.29, 1.82) is 0 Å². The Hall–Kier alpha value is -3.46. The molecule has 0 radical (unpaired) electrons.